The Balaban J connectivity index is 1.50. The Kier molecular flexibility index (Phi) is 6.39. The minimum Gasteiger partial charge on any atom is -0.484 e. The number of aliphatic hydroxyl groups excluding tert-OH is 1. The summed E-state index contributed by atoms with van der Waals surface area (Å²) in [7, 11) is 1.67. The van der Waals surface area contributed by atoms with Gasteiger partial charge in [-0.05, 0) is 31.0 Å². The van der Waals surface area contributed by atoms with E-state index in [2.05, 4.69) is 10.1 Å². The van der Waals surface area contributed by atoms with Crippen LogP contribution in [0.4, 0.5) is 0 Å². The molecule has 1 amide bonds. The second-order valence-corrected chi connectivity index (χ2v) is 6.54. The molecule has 0 aliphatic heterocycles. The van der Waals surface area contributed by atoms with E-state index in [9.17, 15) is 9.90 Å². The van der Waals surface area contributed by atoms with Gasteiger partial charge in [0.15, 0.2) is 11.5 Å². The highest BCUT2D eigenvalue weighted by atomic mass is 16.5. The normalized spacial score (nSPS) is 11.8. The van der Waals surface area contributed by atoms with Crippen LogP contribution in [0.25, 0.3) is 0 Å². The van der Waals surface area contributed by atoms with Crippen LogP contribution in [0.3, 0.4) is 0 Å². The number of hydrogen-bond donors (Lipinski definition) is 1. The summed E-state index contributed by atoms with van der Waals surface area (Å²) in [4.78, 5) is 18.2. The second kappa shape index (κ2) is 9.14. The van der Waals surface area contributed by atoms with Crippen LogP contribution in [0.1, 0.15) is 40.0 Å². The Morgan fingerprint density at radius 1 is 1.25 bits per heavy atom. The summed E-state index contributed by atoms with van der Waals surface area (Å²) in [6.45, 7) is 2.44. The lowest BCUT2D eigenvalue weighted by atomic mass is 10.1. The molecule has 1 N–H and O–H groups in total. The molecule has 1 atom stereocenters. The van der Waals surface area contributed by atoms with Gasteiger partial charge in [-0.15, -0.1) is 0 Å². The zero-order valence-corrected chi connectivity index (χ0v) is 15.9. The lowest BCUT2D eigenvalue weighted by Gasteiger charge is -2.18. The molecule has 7 nitrogen and oxygen atoms in total. The van der Waals surface area contributed by atoms with Crippen LogP contribution in [0.2, 0.25) is 0 Å². The highest BCUT2D eigenvalue weighted by Gasteiger charge is 2.18. The summed E-state index contributed by atoms with van der Waals surface area (Å²) in [5.74, 6) is 0.788. The number of nitrogens with zero attached hydrogens (tertiary/aromatic N) is 3. The Morgan fingerprint density at radius 3 is 2.75 bits per heavy atom. The largest absolute Gasteiger partial charge is 0.484 e. The maximum atomic E-state index is 12.5. The van der Waals surface area contributed by atoms with Gasteiger partial charge in [-0.1, -0.05) is 35.5 Å². The van der Waals surface area contributed by atoms with Gasteiger partial charge in [-0.2, -0.15) is 0 Å². The number of amides is 1. The van der Waals surface area contributed by atoms with E-state index in [1.807, 2.05) is 49.4 Å². The first-order valence-corrected chi connectivity index (χ1v) is 9.02. The summed E-state index contributed by atoms with van der Waals surface area (Å²) in [6.07, 6.45) is 1.44. The van der Waals surface area contributed by atoms with E-state index < -0.39 is 6.10 Å². The van der Waals surface area contributed by atoms with Crippen molar-refractivity contribution in [1.82, 2.24) is 15.0 Å². The molecule has 0 bridgehead atoms. The zero-order valence-electron chi connectivity index (χ0n) is 15.9. The Bertz CT molecular complexity index is 894. The minimum atomic E-state index is -0.624. The lowest BCUT2D eigenvalue weighted by molar-refractivity contribution is 0.0751. The molecular weight excluding hydrogens is 358 g/mol. The number of carbonyl (C=O) groups excluding carboxylic acids is 1. The van der Waals surface area contributed by atoms with Gasteiger partial charge >= 0.3 is 0 Å². The lowest BCUT2D eigenvalue weighted by Crippen LogP contribution is -2.29. The van der Waals surface area contributed by atoms with Crippen molar-refractivity contribution in [2.45, 2.75) is 26.1 Å². The van der Waals surface area contributed by atoms with E-state index in [4.69, 9.17) is 9.26 Å². The van der Waals surface area contributed by atoms with E-state index >= 15 is 0 Å². The van der Waals surface area contributed by atoms with Crippen molar-refractivity contribution >= 4 is 5.91 Å². The Morgan fingerprint density at radius 2 is 2.04 bits per heavy atom. The van der Waals surface area contributed by atoms with Gasteiger partial charge in [0.25, 0.3) is 5.91 Å². The summed E-state index contributed by atoms with van der Waals surface area (Å²) in [6, 6.07) is 14.6. The van der Waals surface area contributed by atoms with Crippen molar-refractivity contribution in [3.8, 4) is 5.75 Å². The monoisotopic (exact) mass is 381 g/mol. The molecule has 0 spiro atoms. The van der Waals surface area contributed by atoms with E-state index in [1.165, 1.54) is 4.90 Å². The molecule has 28 heavy (non-hydrogen) atoms. The van der Waals surface area contributed by atoms with Crippen molar-refractivity contribution in [3.63, 3.8) is 0 Å². The quantitative estimate of drug-likeness (QED) is 0.645. The average Bonchev–Trinajstić information content (AvgIpc) is 3.20. The number of pyridine rings is 1. The molecule has 2 heterocycles. The summed E-state index contributed by atoms with van der Waals surface area (Å²) >= 11 is 0. The van der Waals surface area contributed by atoms with Gasteiger partial charge in [0.1, 0.15) is 12.4 Å². The molecule has 0 saturated carbocycles. The smallest absolute Gasteiger partial charge is 0.275 e. The molecular formula is C21H23N3O4. The molecule has 7 heteroatoms. The number of aliphatic hydroxyl groups is 1. The van der Waals surface area contributed by atoms with Crippen LogP contribution < -0.4 is 4.74 Å². The number of ether oxygens (including phenoxy) is 1. The molecule has 0 saturated heterocycles. The fourth-order valence-corrected chi connectivity index (χ4v) is 2.63. The zero-order chi connectivity index (χ0) is 19.9. The molecule has 2 aromatic heterocycles. The van der Waals surface area contributed by atoms with E-state index in [-0.39, 0.29) is 18.2 Å². The highest BCUT2D eigenvalue weighted by molar-refractivity contribution is 5.92. The number of rotatable bonds is 8. The standard InChI is InChI=1S/C21H23N3O4/c1-15-8-9-17(13-22-15)27-14-18-12-19(23-28-18)21(26)24(2)11-10-20(25)16-6-4-3-5-7-16/h3-9,12-13,20,25H,10-11,14H2,1-2H3/t20-/m1/s1. The van der Waals surface area contributed by atoms with Crippen LogP contribution >= 0.6 is 0 Å². The average molecular weight is 381 g/mol. The van der Waals surface area contributed by atoms with Crippen LogP contribution in [0, 0.1) is 6.92 Å². The number of aromatic nitrogens is 2. The molecule has 0 aliphatic rings. The van der Waals surface area contributed by atoms with E-state index in [1.54, 1.807) is 19.3 Å². The van der Waals surface area contributed by atoms with Gasteiger partial charge in [0.2, 0.25) is 0 Å². The second-order valence-electron chi connectivity index (χ2n) is 6.54. The summed E-state index contributed by atoms with van der Waals surface area (Å²) in [5.41, 5.74) is 1.94. The van der Waals surface area contributed by atoms with Crippen molar-refractivity contribution in [1.29, 1.82) is 0 Å². The first-order chi connectivity index (χ1) is 13.5. The third-order valence-electron chi connectivity index (χ3n) is 4.31. The van der Waals surface area contributed by atoms with Gasteiger partial charge in [0, 0.05) is 25.4 Å². The molecule has 3 aromatic rings. The number of carbonyl (C=O) groups is 1. The van der Waals surface area contributed by atoms with Crippen LogP contribution in [-0.2, 0) is 6.61 Å². The van der Waals surface area contributed by atoms with Crippen molar-refractivity contribution in [2.24, 2.45) is 0 Å². The number of benzene rings is 1. The molecule has 1 aromatic carbocycles. The molecule has 0 unspecified atom stereocenters. The summed E-state index contributed by atoms with van der Waals surface area (Å²) < 4.78 is 10.8. The topological polar surface area (TPSA) is 88.7 Å². The molecule has 0 radical (unpaired) electrons. The van der Waals surface area contributed by atoms with Crippen LogP contribution in [0.5, 0.6) is 5.75 Å². The Hall–Kier alpha value is -3.19. The van der Waals surface area contributed by atoms with Crippen LogP contribution in [-0.4, -0.2) is 39.6 Å². The fourth-order valence-electron chi connectivity index (χ4n) is 2.63. The number of aryl methyl sites for hydroxylation is 1. The van der Waals surface area contributed by atoms with Gasteiger partial charge in [-0.3, -0.25) is 9.78 Å². The van der Waals surface area contributed by atoms with Crippen molar-refractivity contribution < 1.29 is 19.2 Å². The molecule has 0 fully saturated rings. The third-order valence-corrected chi connectivity index (χ3v) is 4.31. The van der Waals surface area contributed by atoms with E-state index in [0.717, 1.165) is 11.3 Å². The SMILES string of the molecule is Cc1ccc(OCc2cc(C(=O)N(C)CC[C@@H](O)c3ccccc3)no2)cn1. The first-order valence-electron chi connectivity index (χ1n) is 9.02. The maximum Gasteiger partial charge on any atom is 0.275 e. The highest BCUT2D eigenvalue weighted by Crippen LogP contribution is 2.17. The molecule has 3 rings (SSSR count). The van der Waals surface area contributed by atoms with Gasteiger partial charge < -0.3 is 19.3 Å². The maximum absolute atomic E-state index is 12.5. The van der Waals surface area contributed by atoms with Gasteiger partial charge in [-0.25, -0.2) is 0 Å². The fraction of sp³-hybridized carbons (Fsp3) is 0.286. The van der Waals surface area contributed by atoms with E-state index in [0.29, 0.717) is 24.5 Å². The van der Waals surface area contributed by atoms with Crippen molar-refractivity contribution in [3.05, 3.63) is 77.4 Å². The molecule has 146 valence electrons. The number of hydrogen-bond acceptors (Lipinski definition) is 6. The predicted molar refractivity (Wildman–Crippen MR) is 103 cm³/mol. The minimum absolute atomic E-state index is 0.154. The van der Waals surface area contributed by atoms with Crippen LogP contribution in [0.15, 0.2) is 59.3 Å². The Labute approximate surface area is 163 Å². The molecule has 0 aliphatic carbocycles. The predicted octanol–water partition coefficient (Wildman–Crippen LogP) is 3.15. The summed E-state index contributed by atoms with van der Waals surface area (Å²) in [5, 5.41) is 14.1. The van der Waals surface area contributed by atoms with Crippen molar-refractivity contribution in [2.75, 3.05) is 13.6 Å². The van der Waals surface area contributed by atoms with Gasteiger partial charge in [0.05, 0.1) is 12.3 Å². The first kappa shape index (κ1) is 19.6. The third kappa shape index (κ3) is 5.17.